The lowest BCUT2D eigenvalue weighted by Gasteiger charge is -2.26. The molecule has 0 atom stereocenters. The Balaban J connectivity index is 1.81. The molecular weight excluding hydrogens is 519 g/mol. The van der Waals surface area contributed by atoms with E-state index in [-0.39, 0.29) is 17.0 Å². The highest BCUT2D eigenvalue weighted by Gasteiger charge is 2.38. The molecule has 4 aromatic carbocycles. The molecule has 196 valence electrons. The van der Waals surface area contributed by atoms with Crippen LogP contribution in [0.2, 0.25) is 0 Å². The maximum absolute atomic E-state index is 15.6. The molecule has 0 aliphatic rings. The number of carbonyl (C=O) groups is 2. The maximum atomic E-state index is 15.6. The van der Waals surface area contributed by atoms with E-state index in [9.17, 15) is 9.59 Å². The Morgan fingerprint density at radius 1 is 0.575 bits per heavy atom. The van der Waals surface area contributed by atoms with Crippen LogP contribution in [0.3, 0.4) is 0 Å². The molecule has 0 saturated heterocycles. The normalized spacial score (nSPS) is 11.7. The van der Waals surface area contributed by atoms with Crippen LogP contribution in [0.25, 0.3) is 5.31 Å². The third-order valence-electron chi connectivity index (χ3n) is 6.13. The molecule has 0 bridgehead atoms. The summed E-state index contributed by atoms with van der Waals surface area (Å²) in [4.78, 5) is 35.7. The summed E-state index contributed by atoms with van der Waals surface area (Å²) in [5, 5.41) is 6.67. The van der Waals surface area contributed by atoms with Gasteiger partial charge in [-0.2, -0.15) is 0 Å². The molecule has 2 N–H and O–H groups in total. The van der Waals surface area contributed by atoms with E-state index < -0.39 is 19.0 Å². The molecule has 0 aliphatic carbocycles. The quantitative estimate of drug-likeness (QED) is 0.206. The first kappa shape index (κ1) is 26.5. The fourth-order valence-corrected chi connectivity index (χ4v) is 7.27. The lowest BCUT2D eigenvalue weighted by Crippen LogP contribution is -2.33. The number of rotatable bonds is 8. The van der Waals surface area contributed by atoms with Gasteiger partial charge in [0.05, 0.1) is 5.31 Å². The van der Waals surface area contributed by atoms with E-state index in [4.69, 9.17) is 0 Å². The number of nitrogens with zero attached hydrogens (tertiary/aromatic N) is 2. The monoisotopic (exact) mass is 544 g/mol. The van der Waals surface area contributed by atoms with E-state index in [2.05, 4.69) is 20.6 Å². The number of hydrogen-bond acceptors (Lipinski definition) is 5. The zero-order valence-electron chi connectivity index (χ0n) is 21.3. The van der Waals surface area contributed by atoms with Gasteiger partial charge in [-0.3, -0.25) is 14.9 Å². The van der Waals surface area contributed by atoms with Crippen molar-refractivity contribution in [2.75, 3.05) is 5.32 Å². The van der Waals surface area contributed by atoms with Crippen LogP contribution in [-0.2, 0) is 9.36 Å². The molecule has 40 heavy (non-hydrogen) atoms. The second-order valence-electron chi connectivity index (χ2n) is 8.72. The number of hydrogen-bond donors (Lipinski definition) is 2. The van der Waals surface area contributed by atoms with Crippen molar-refractivity contribution in [1.29, 1.82) is 0 Å². The van der Waals surface area contributed by atoms with Crippen LogP contribution in [0, 0.1) is 0 Å². The Morgan fingerprint density at radius 3 is 1.52 bits per heavy atom. The maximum Gasteiger partial charge on any atom is 0.275 e. The van der Waals surface area contributed by atoms with Gasteiger partial charge >= 0.3 is 0 Å². The lowest BCUT2D eigenvalue weighted by atomic mass is 10.1. The molecule has 2 amide bonds. The minimum Gasteiger partial charge on any atom is -0.317 e. The van der Waals surface area contributed by atoms with Gasteiger partial charge < -0.3 is 9.88 Å². The van der Waals surface area contributed by atoms with Crippen LogP contribution in [0.1, 0.15) is 15.9 Å². The van der Waals surface area contributed by atoms with Gasteiger partial charge in [0.1, 0.15) is 5.70 Å². The predicted molar refractivity (Wildman–Crippen MR) is 158 cm³/mol. The van der Waals surface area contributed by atoms with E-state index in [1.165, 1.54) is 12.4 Å². The molecule has 5 rings (SSSR count). The third kappa shape index (κ3) is 5.65. The van der Waals surface area contributed by atoms with Gasteiger partial charge in [-0.05, 0) is 23.8 Å². The van der Waals surface area contributed by atoms with Crippen molar-refractivity contribution in [1.82, 2.24) is 15.3 Å². The van der Waals surface area contributed by atoms with Gasteiger partial charge in [-0.1, -0.05) is 109 Å². The highest BCUT2D eigenvalue weighted by Crippen LogP contribution is 2.57. The smallest absolute Gasteiger partial charge is 0.275 e. The minimum atomic E-state index is -3.76. The lowest BCUT2D eigenvalue weighted by molar-refractivity contribution is -0.113. The zero-order chi connectivity index (χ0) is 27.8. The first-order valence-corrected chi connectivity index (χ1v) is 14.2. The van der Waals surface area contributed by atoms with Gasteiger partial charge in [0.2, 0.25) is 5.95 Å². The average molecular weight is 545 g/mol. The van der Waals surface area contributed by atoms with Gasteiger partial charge in [-0.15, -0.1) is 0 Å². The van der Waals surface area contributed by atoms with Crippen LogP contribution < -0.4 is 21.2 Å². The molecule has 0 spiro atoms. The zero-order valence-corrected chi connectivity index (χ0v) is 22.2. The molecule has 1 heterocycles. The second kappa shape index (κ2) is 12.2. The topological polar surface area (TPSA) is 101 Å². The first-order chi connectivity index (χ1) is 19.6. The number of amides is 2. The van der Waals surface area contributed by atoms with Crippen molar-refractivity contribution in [3.8, 4) is 0 Å². The highest BCUT2D eigenvalue weighted by atomic mass is 31.2. The van der Waals surface area contributed by atoms with Crippen LogP contribution in [0.4, 0.5) is 5.95 Å². The molecule has 0 saturated carbocycles. The summed E-state index contributed by atoms with van der Waals surface area (Å²) in [5.41, 5.74) is 0.694. The Labute approximate surface area is 232 Å². The van der Waals surface area contributed by atoms with Crippen molar-refractivity contribution in [3.05, 3.63) is 157 Å². The van der Waals surface area contributed by atoms with Crippen LogP contribution >= 0.6 is 7.14 Å². The summed E-state index contributed by atoms with van der Waals surface area (Å²) in [7, 11) is -3.76. The SMILES string of the molecule is O=C(Nc1ncccn1)/C(NC(=O)c1ccccc1)=C(/c1ccccc1)P(=O)(c1ccccc1)c1ccccc1. The molecule has 0 unspecified atom stereocenters. The van der Waals surface area contributed by atoms with Gasteiger partial charge in [0, 0.05) is 28.6 Å². The summed E-state index contributed by atoms with van der Waals surface area (Å²) < 4.78 is 15.6. The van der Waals surface area contributed by atoms with Gasteiger partial charge in [0.15, 0.2) is 7.14 Å². The van der Waals surface area contributed by atoms with Gasteiger partial charge in [0.25, 0.3) is 11.8 Å². The summed E-state index contributed by atoms with van der Waals surface area (Å²) in [5.74, 6) is -1.19. The van der Waals surface area contributed by atoms with E-state index in [1.807, 2.05) is 18.2 Å². The van der Waals surface area contributed by atoms with Crippen LogP contribution in [0.15, 0.2) is 145 Å². The summed E-state index contributed by atoms with van der Waals surface area (Å²) in [6.45, 7) is 0. The van der Waals surface area contributed by atoms with E-state index in [0.717, 1.165) is 0 Å². The van der Waals surface area contributed by atoms with Gasteiger partial charge in [-0.25, -0.2) is 9.97 Å². The molecule has 0 fully saturated rings. The molecular formula is C32H25N4O3P. The summed E-state index contributed by atoms with van der Waals surface area (Å²) >= 11 is 0. The van der Waals surface area contributed by atoms with E-state index in [1.54, 1.807) is 109 Å². The Bertz CT molecular complexity index is 1640. The first-order valence-electron chi connectivity index (χ1n) is 12.5. The summed E-state index contributed by atoms with van der Waals surface area (Å²) in [6, 6.07) is 37.1. The third-order valence-corrected chi connectivity index (χ3v) is 9.29. The number of nitrogens with one attached hydrogen (secondary N) is 2. The van der Waals surface area contributed by atoms with Crippen LogP contribution in [0.5, 0.6) is 0 Å². The molecule has 1 aromatic heterocycles. The average Bonchev–Trinajstić information content (AvgIpc) is 3.03. The number of aromatic nitrogens is 2. The molecule has 0 radical (unpaired) electrons. The molecule has 5 aromatic rings. The van der Waals surface area contributed by atoms with E-state index in [0.29, 0.717) is 21.7 Å². The number of carbonyl (C=O) groups excluding carboxylic acids is 2. The minimum absolute atomic E-state index is 0.0422. The van der Waals surface area contributed by atoms with Crippen molar-refractivity contribution < 1.29 is 14.2 Å². The molecule has 0 aliphatic heterocycles. The Hall–Kier alpha value is -5.13. The standard InChI is InChI=1S/C32H25N4O3P/c37-30(25-16-7-2-8-17-25)35-28(31(38)36-32-33-22-13-23-34-32)29(24-14-5-1-6-15-24)40(39,26-18-9-3-10-19-26)27-20-11-4-12-21-27/h1-23H,(H,35,37)(H,33,34,36,38)/b29-28+. The summed E-state index contributed by atoms with van der Waals surface area (Å²) in [6.07, 6.45) is 2.98. The largest absolute Gasteiger partial charge is 0.317 e. The van der Waals surface area contributed by atoms with E-state index >= 15 is 4.57 Å². The van der Waals surface area contributed by atoms with Crippen molar-refractivity contribution >= 4 is 40.8 Å². The molecule has 8 heteroatoms. The predicted octanol–water partition coefficient (Wildman–Crippen LogP) is 5.23. The number of anilines is 1. The van der Waals surface area contributed by atoms with Crippen molar-refractivity contribution in [2.45, 2.75) is 0 Å². The Kier molecular flexibility index (Phi) is 8.05. The Morgan fingerprint density at radius 2 is 1.02 bits per heavy atom. The van der Waals surface area contributed by atoms with Crippen LogP contribution in [-0.4, -0.2) is 21.8 Å². The number of benzene rings is 4. The fourth-order valence-electron chi connectivity index (χ4n) is 4.29. The van der Waals surface area contributed by atoms with Crippen molar-refractivity contribution in [3.63, 3.8) is 0 Å². The second-order valence-corrected chi connectivity index (χ2v) is 11.4. The fraction of sp³-hybridized carbons (Fsp3) is 0. The molecule has 7 nitrogen and oxygen atoms in total. The highest BCUT2D eigenvalue weighted by molar-refractivity contribution is 7.87. The van der Waals surface area contributed by atoms with Crippen molar-refractivity contribution in [2.24, 2.45) is 0 Å².